The van der Waals surface area contributed by atoms with E-state index in [0.29, 0.717) is 5.69 Å². The molecule has 0 aliphatic heterocycles. The lowest BCUT2D eigenvalue weighted by molar-refractivity contribution is -0.0515. The average molecular weight is 426 g/mol. The molecule has 5 nitrogen and oxygen atoms in total. The number of carbonyl (C=O) groups excluding carboxylic acids is 1. The number of aromatic nitrogens is 1. The maximum Gasteiger partial charge on any atom is 0.387 e. The van der Waals surface area contributed by atoms with Crippen molar-refractivity contribution >= 4 is 33.1 Å². The fourth-order valence-electron chi connectivity index (χ4n) is 3.02. The van der Waals surface area contributed by atoms with Crippen molar-refractivity contribution in [3.63, 3.8) is 0 Å². The highest BCUT2D eigenvalue weighted by Gasteiger charge is 2.21. The molecule has 8 heteroatoms. The van der Waals surface area contributed by atoms with Gasteiger partial charge in [-0.2, -0.15) is 8.78 Å². The second-order valence-electron chi connectivity index (χ2n) is 6.20. The topological polar surface area (TPSA) is 60.5 Å². The largest absolute Gasteiger partial charge is 0.493 e. The number of benzene rings is 3. The van der Waals surface area contributed by atoms with Crippen LogP contribution in [0.1, 0.15) is 10.4 Å². The number of para-hydroxylation sites is 3. The summed E-state index contributed by atoms with van der Waals surface area (Å²) in [6.07, 6.45) is 0. The van der Waals surface area contributed by atoms with Crippen molar-refractivity contribution in [1.29, 1.82) is 0 Å². The molecule has 0 aliphatic carbocycles. The summed E-state index contributed by atoms with van der Waals surface area (Å²) in [5, 5.41) is 3.52. The van der Waals surface area contributed by atoms with Gasteiger partial charge in [0.05, 0.1) is 28.6 Å². The molecule has 152 valence electrons. The maximum atomic E-state index is 12.9. The number of hydrogen-bond donors (Lipinski definition) is 1. The summed E-state index contributed by atoms with van der Waals surface area (Å²) in [5.41, 5.74) is 2.03. The summed E-state index contributed by atoms with van der Waals surface area (Å²) in [7, 11) is 1.32. The number of halogens is 2. The first-order chi connectivity index (χ1) is 14.6. The Balaban J connectivity index is 1.70. The van der Waals surface area contributed by atoms with E-state index in [1.165, 1.54) is 36.6 Å². The molecular weight excluding hydrogens is 410 g/mol. The van der Waals surface area contributed by atoms with Crippen LogP contribution in [0.2, 0.25) is 0 Å². The Morgan fingerprint density at radius 1 is 1.03 bits per heavy atom. The minimum atomic E-state index is -3.09. The Morgan fingerprint density at radius 2 is 1.80 bits per heavy atom. The summed E-state index contributed by atoms with van der Waals surface area (Å²) in [6.45, 7) is -3.09. The van der Waals surface area contributed by atoms with Gasteiger partial charge in [-0.1, -0.05) is 30.3 Å². The van der Waals surface area contributed by atoms with Crippen LogP contribution in [0.15, 0.2) is 66.7 Å². The van der Waals surface area contributed by atoms with Crippen molar-refractivity contribution in [2.75, 3.05) is 12.4 Å². The molecule has 0 unspecified atom stereocenters. The summed E-state index contributed by atoms with van der Waals surface area (Å²) in [4.78, 5) is 17.6. The Labute approximate surface area is 174 Å². The van der Waals surface area contributed by atoms with E-state index in [4.69, 9.17) is 4.74 Å². The minimum absolute atomic E-state index is 0.0439. The molecule has 1 N–H and O–H groups in total. The van der Waals surface area contributed by atoms with Crippen LogP contribution in [0.3, 0.4) is 0 Å². The van der Waals surface area contributed by atoms with E-state index in [2.05, 4.69) is 15.0 Å². The molecule has 0 saturated carbocycles. The van der Waals surface area contributed by atoms with Crippen molar-refractivity contribution in [3.8, 4) is 22.1 Å². The van der Waals surface area contributed by atoms with Crippen LogP contribution in [-0.4, -0.2) is 24.6 Å². The zero-order valence-electron chi connectivity index (χ0n) is 15.8. The predicted molar refractivity (Wildman–Crippen MR) is 113 cm³/mol. The number of anilines is 1. The summed E-state index contributed by atoms with van der Waals surface area (Å²) >= 11 is 1.50. The van der Waals surface area contributed by atoms with E-state index < -0.39 is 12.5 Å². The number of nitrogens with one attached hydrogen (secondary N) is 1. The monoisotopic (exact) mass is 426 g/mol. The molecule has 0 radical (unpaired) electrons. The Bertz CT molecular complexity index is 1180. The number of nitrogens with zero attached hydrogens (tertiary/aromatic N) is 1. The van der Waals surface area contributed by atoms with Gasteiger partial charge in [-0.05, 0) is 36.4 Å². The highest BCUT2D eigenvalue weighted by molar-refractivity contribution is 7.21. The lowest BCUT2D eigenvalue weighted by Crippen LogP contribution is -2.16. The van der Waals surface area contributed by atoms with Gasteiger partial charge in [0.25, 0.3) is 5.91 Å². The summed E-state index contributed by atoms with van der Waals surface area (Å²) < 4.78 is 36.4. The molecule has 1 amide bonds. The molecule has 4 aromatic rings. The van der Waals surface area contributed by atoms with Crippen LogP contribution in [0.25, 0.3) is 20.8 Å². The number of thiazole rings is 1. The number of carbonyl (C=O) groups is 1. The second-order valence-corrected chi connectivity index (χ2v) is 7.23. The first-order valence-corrected chi connectivity index (χ1v) is 9.76. The molecule has 0 spiro atoms. The van der Waals surface area contributed by atoms with Gasteiger partial charge < -0.3 is 14.8 Å². The molecule has 30 heavy (non-hydrogen) atoms. The zero-order valence-corrected chi connectivity index (χ0v) is 16.6. The number of rotatable bonds is 6. The fraction of sp³-hybridized carbons (Fsp3) is 0.0909. The lowest BCUT2D eigenvalue weighted by Gasteiger charge is -2.15. The highest BCUT2D eigenvalue weighted by Crippen LogP contribution is 2.36. The van der Waals surface area contributed by atoms with Gasteiger partial charge in [-0.15, -0.1) is 11.3 Å². The molecule has 1 aromatic heterocycles. The zero-order chi connectivity index (χ0) is 21.1. The first-order valence-electron chi connectivity index (χ1n) is 8.95. The van der Waals surface area contributed by atoms with E-state index in [1.807, 2.05) is 36.4 Å². The summed E-state index contributed by atoms with van der Waals surface area (Å²) in [5.74, 6) is -0.870. The molecule has 0 atom stereocenters. The number of methoxy groups -OCH3 is 1. The van der Waals surface area contributed by atoms with Gasteiger partial charge in [0.1, 0.15) is 5.01 Å². The number of alkyl halides is 2. The van der Waals surface area contributed by atoms with E-state index in [-0.39, 0.29) is 17.1 Å². The van der Waals surface area contributed by atoms with Crippen LogP contribution >= 0.6 is 11.3 Å². The second kappa shape index (κ2) is 8.46. The normalized spacial score (nSPS) is 10.9. The van der Waals surface area contributed by atoms with Crippen LogP contribution in [-0.2, 0) is 0 Å². The molecule has 0 bridgehead atoms. The van der Waals surface area contributed by atoms with Gasteiger partial charge in [-0.25, -0.2) is 4.98 Å². The van der Waals surface area contributed by atoms with Crippen molar-refractivity contribution in [2.24, 2.45) is 0 Å². The summed E-state index contributed by atoms with van der Waals surface area (Å²) in [6, 6.07) is 19.3. The third-order valence-corrected chi connectivity index (χ3v) is 5.42. The standard InChI is InChI=1S/C22H16F2N2O3S/c1-28-17-11-6-8-14(19(17)29-22(23)24)20(27)25-15-9-3-2-7-13(15)21-26-16-10-4-5-12-18(16)30-21/h2-12,22H,1H3,(H,25,27). The molecule has 0 saturated heterocycles. The molecule has 0 aliphatic rings. The SMILES string of the molecule is COc1cccc(C(=O)Nc2ccccc2-c2nc3ccccc3s2)c1OC(F)F. The molecule has 4 rings (SSSR count). The molecular formula is C22H16F2N2O3S. The van der Waals surface area contributed by atoms with Crippen LogP contribution in [0.5, 0.6) is 11.5 Å². The van der Waals surface area contributed by atoms with E-state index in [0.717, 1.165) is 20.8 Å². The maximum absolute atomic E-state index is 12.9. The van der Waals surface area contributed by atoms with Gasteiger partial charge >= 0.3 is 6.61 Å². The van der Waals surface area contributed by atoms with Gasteiger partial charge in [0.15, 0.2) is 11.5 Å². The van der Waals surface area contributed by atoms with E-state index in [9.17, 15) is 13.6 Å². The van der Waals surface area contributed by atoms with E-state index >= 15 is 0 Å². The number of hydrogen-bond acceptors (Lipinski definition) is 5. The van der Waals surface area contributed by atoms with Crippen LogP contribution < -0.4 is 14.8 Å². The van der Waals surface area contributed by atoms with Crippen molar-refractivity contribution in [3.05, 3.63) is 72.3 Å². The van der Waals surface area contributed by atoms with Crippen molar-refractivity contribution in [1.82, 2.24) is 4.98 Å². The van der Waals surface area contributed by atoms with Crippen LogP contribution in [0.4, 0.5) is 14.5 Å². The third-order valence-electron chi connectivity index (χ3n) is 4.35. The van der Waals surface area contributed by atoms with Crippen molar-refractivity contribution < 1.29 is 23.0 Å². The number of fused-ring (bicyclic) bond motifs is 1. The number of ether oxygens (including phenoxy) is 2. The first kappa shape index (κ1) is 19.8. The Kier molecular flexibility index (Phi) is 5.58. The van der Waals surface area contributed by atoms with Gasteiger partial charge in [-0.3, -0.25) is 4.79 Å². The molecule has 1 heterocycles. The van der Waals surface area contributed by atoms with Crippen molar-refractivity contribution in [2.45, 2.75) is 6.61 Å². The Hall–Kier alpha value is -3.52. The predicted octanol–water partition coefficient (Wildman–Crippen LogP) is 5.83. The Morgan fingerprint density at radius 3 is 2.57 bits per heavy atom. The lowest BCUT2D eigenvalue weighted by atomic mass is 10.1. The third kappa shape index (κ3) is 3.95. The highest BCUT2D eigenvalue weighted by atomic mass is 32.1. The van der Waals surface area contributed by atoms with Crippen LogP contribution in [0, 0.1) is 0 Å². The van der Waals surface area contributed by atoms with Gasteiger partial charge in [0.2, 0.25) is 0 Å². The molecule has 3 aromatic carbocycles. The average Bonchev–Trinajstić information content (AvgIpc) is 3.18. The molecule has 0 fully saturated rings. The quantitative estimate of drug-likeness (QED) is 0.422. The minimum Gasteiger partial charge on any atom is -0.493 e. The fourth-order valence-corrected chi connectivity index (χ4v) is 4.03. The number of amides is 1. The van der Waals surface area contributed by atoms with Gasteiger partial charge in [0, 0.05) is 5.56 Å². The van der Waals surface area contributed by atoms with E-state index in [1.54, 1.807) is 12.1 Å². The smallest absolute Gasteiger partial charge is 0.387 e.